The molecule has 0 unspecified atom stereocenters. The van der Waals surface area contributed by atoms with Gasteiger partial charge in [-0.2, -0.15) is 0 Å². The Morgan fingerprint density at radius 1 is 1.05 bits per heavy atom. The average Bonchev–Trinajstić information content (AvgIpc) is 3.31. The van der Waals surface area contributed by atoms with Crippen LogP contribution in [0.25, 0.3) is 0 Å². The zero-order valence-corrected chi connectivity index (χ0v) is 12.9. The summed E-state index contributed by atoms with van der Waals surface area (Å²) in [6.45, 7) is 5.77. The molecule has 110 valence electrons. The maximum atomic E-state index is 5.98. The van der Waals surface area contributed by atoms with Crippen molar-refractivity contribution < 1.29 is 4.74 Å². The van der Waals surface area contributed by atoms with Crippen molar-refractivity contribution in [3.05, 3.63) is 64.7 Å². The highest BCUT2D eigenvalue weighted by Crippen LogP contribution is 2.21. The van der Waals surface area contributed by atoms with Crippen LogP contribution in [0.5, 0.6) is 5.75 Å². The molecule has 3 rings (SSSR count). The molecule has 1 aliphatic carbocycles. The van der Waals surface area contributed by atoms with Crippen molar-refractivity contribution in [3.8, 4) is 5.75 Å². The molecule has 0 bridgehead atoms. The second kappa shape index (κ2) is 6.31. The summed E-state index contributed by atoms with van der Waals surface area (Å²) >= 11 is 0. The van der Waals surface area contributed by atoms with Crippen LogP contribution in [0.4, 0.5) is 0 Å². The van der Waals surface area contributed by atoms with Gasteiger partial charge in [0.05, 0.1) is 0 Å². The molecule has 0 aromatic heterocycles. The lowest BCUT2D eigenvalue weighted by atomic mass is 10.1. The van der Waals surface area contributed by atoms with Crippen LogP contribution in [0.2, 0.25) is 0 Å². The quantitative estimate of drug-likeness (QED) is 0.859. The first-order chi connectivity index (χ1) is 10.2. The van der Waals surface area contributed by atoms with Crippen molar-refractivity contribution in [3.63, 3.8) is 0 Å². The minimum absolute atomic E-state index is 0.627. The minimum atomic E-state index is 0.627. The van der Waals surface area contributed by atoms with E-state index in [2.05, 4.69) is 61.6 Å². The second-order valence-electron chi connectivity index (χ2n) is 6.03. The van der Waals surface area contributed by atoms with Gasteiger partial charge in [-0.3, -0.25) is 0 Å². The molecule has 1 aliphatic rings. The Morgan fingerprint density at radius 3 is 2.67 bits per heavy atom. The van der Waals surface area contributed by atoms with Gasteiger partial charge < -0.3 is 10.1 Å². The number of hydrogen-bond donors (Lipinski definition) is 1. The van der Waals surface area contributed by atoms with Crippen LogP contribution in [-0.4, -0.2) is 6.04 Å². The maximum Gasteiger partial charge on any atom is 0.122 e. The van der Waals surface area contributed by atoms with Crippen molar-refractivity contribution >= 4 is 0 Å². The molecule has 2 heteroatoms. The van der Waals surface area contributed by atoms with Gasteiger partial charge in [-0.25, -0.2) is 0 Å². The Kier molecular flexibility index (Phi) is 4.26. The zero-order chi connectivity index (χ0) is 14.7. The van der Waals surface area contributed by atoms with Gasteiger partial charge in [0, 0.05) is 12.6 Å². The van der Waals surface area contributed by atoms with E-state index in [4.69, 9.17) is 4.74 Å². The van der Waals surface area contributed by atoms with E-state index in [0.717, 1.165) is 18.3 Å². The van der Waals surface area contributed by atoms with E-state index in [-0.39, 0.29) is 0 Å². The van der Waals surface area contributed by atoms with E-state index in [1.54, 1.807) is 0 Å². The van der Waals surface area contributed by atoms with Crippen LogP contribution in [0.3, 0.4) is 0 Å². The normalized spacial score (nSPS) is 14.2. The van der Waals surface area contributed by atoms with E-state index < -0.39 is 0 Å². The number of ether oxygens (including phenoxy) is 1. The molecule has 1 N–H and O–H groups in total. The third-order valence-corrected chi connectivity index (χ3v) is 3.90. The van der Waals surface area contributed by atoms with Gasteiger partial charge in [-0.05, 0) is 55.0 Å². The molecule has 0 amide bonds. The van der Waals surface area contributed by atoms with Gasteiger partial charge in [-0.15, -0.1) is 0 Å². The highest BCUT2D eigenvalue weighted by atomic mass is 16.5. The first-order valence-corrected chi connectivity index (χ1v) is 7.72. The molecule has 0 atom stereocenters. The molecule has 0 heterocycles. The van der Waals surface area contributed by atoms with E-state index >= 15 is 0 Å². The van der Waals surface area contributed by atoms with Crippen molar-refractivity contribution in [2.24, 2.45) is 0 Å². The lowest BCUT2D eigenvalue weighted by Crippen LogP contribution is -2.15. The van der Waals surface area contributed by atoms with Gasteiger partial charge in [0.1, 0.15) is 12.4 Å². The Morgan fingerprint density at radius 2 is 1.86 bits per heavy atom. The highest BCUT2D eigenvalue weighted by Gasteiger charge is 2.19. The van der Waals surface area contributed by atoms with Crippen molar-refractivity contribution in [2.75, 3.05) is 0 Å². The zero-order valence-electron chi connectivity index (χ0n) is 12.9. The molecule has 2 aromatic carbocycles. The SMILES string of the molecule is Cc1ccc(C)c(OCc2cccc(CNC3CC3)c2)c1. The van der Waals surface area contributed by atoms with Crippen LogP contribution in [0, 0.1) is 13.8 Å². The van der Waals surface area contributed by atoms with Gasteiger partial charge >= 0.3 is 0 Å². The molecular weight excluding hydrogens is 258 g/mol. The lowest BCUT2D eigenvalue weighted by molar-refractivity contribution is 0.304. The van der Waals surface area contributed by atoms with Crippen LogP contribution in [0.1, 0.15) is 35.1 Å². The summed E-state index contributed by atoms with van der Waals surface area (Å²) in [5.74, 6) is 0.983. The molecule has 21 heavy (non-hydrogen) atoms. The van der Waals surface area contributed by atoms with E-state index in [0.29, 0.717) is 6.61 Å². The minimum Gasteiger partial charge on any atom is -0.489 e. The highest BCUT2D eigenvalue weighted by molar-refractivity contribution is 5.36. The predicted molar refractivity (Wildman–Crippen MR) is 86.6 cm³/mol. The Labute approximate surface area is 127 Å². The number of hydrogen-bond acceptors (Lipinski definition) is 2. The number of rotatable bonds is 6. The molecular formula is C19H23NO. The van der Waals surface area contributed by atoms with E-state index in [9.17, 15) is 0 Å². The first kappa shape index (κ1) is 14.2. The Balaban J connectivity index is 1.61. The van der Waals surface area contributed by atoms with Crippen LogP contribution >= 0.6 is 0 Å². The third-order valence-electron chi connectivity index (χ3n) is 3.90. The monoisotopic (exact) mass is 281 g/mol. The number of benzene rings is 2. The summed E-state index contributed by atoms with van der Waals surface area (Å²) in [6.07, 6.45) is 2.66. The van der Waals surface area contributed by atoms with Crippen molar-refractivity contribution in [2.45, 2.75) is 45.9 Å². The molecule has 0 spiro atoms. The lowest BCUT2D eigenvalue weighted by Gasteiger charge is -2.11. The largest absolute Gasteiger partial charge is 0.489 e. The van der Waals surface area contributed by atoms with Gasteiger partial charge in [0.15, 0.2) is 0 Å². The van der Waals surface area contributed by atoms with Gasteiger partial charge in [0.25, 0.3) is 0 Å². The fourth-order valence-corrected chi connectivity index (χ4v) is 2.40. The van der Waals surface area contributed by atoms with Gasteiger partial charge in [-0.1, -0.05) is 36.4 Å². The fourth-order valence-electron chi connectivity index (χ4n) is 2.40. The second-order valence-corrected chi connectivity index (χ2v) is 6.03. The van der Waals surface area contributed by atoms with Crippen molar-refractivity contribution in [1.82, 2.24) is 5.32 Å². The third kappa shape index (κ3) is 4.08. The molecule has 0 radical (unpaired) electrons. The smallest absolute Gasteiger partial charge is 0.122 e. The fraction of sp³-hybridized carbons (Fsp3) is 0.368. The summed E-state index contributed by atoms with van der Waals surface area (Å²) in [5.41, 5.74) is 4.99. The van der Waals surface area contributed by atoms with Gasteiger partial charge in [0.2, 0.25) is 0 Å². The van der Waals surface area contributed by atoms with Crippen LogP contribution in [0.15, 0.2) is 42.5 Å². The summed E-state index contributed by atoms with van der Waals surface area (Å²) in [4.78, 5) is 0. The topological polar surface area (TPSA) is 21.3 Å². The van der Waals surface area contributed by atoms with E-state index in [1.165, 1.54) is 35.1 Å². The molecule has 0 saturated heterocycles. The molecule has 2 aromatic rings. The number of nitrogens with one attached hydrogen (secondary N) is 1. The Hall–Kier alpha value is -1.80. The predicted octanol–water partition coefficient (Wildman–Crippen LogP) is 4.13. The Bertz CT molecular complexity index is 617. The summed E-state index contributed by atoms with van der Waals surface area (Å²) in [6, 6.07) is 15.7. The molecule has 1 saturated carbocycles. The standard InChI is InChI=1S/C19H23NO/c1-14-6-7-15(2)19(10-14)21-13-17-5-3-4-16(11-17)12-20-18-8-9-18/h3-7,10-11,18,20H,8-9,12-13H2,1-2H3. The average molecular weight is 281 g/mol. The van der Waals surface area contributed by atoms with Crippen molar-refractivity contribution in [1.29, 1.82) is 0 Å². The molecule has 2 nitrogen and oxygen atoms in total. The van der Waals surface area contributed by atoms with E-state index in [1.807, 2.05) is 0 Å². The first-order valence-electron chi connectivity index (χ1n) is 7.72. The summed E-state index contributed by atoms with van der Waals surface area (Å²) < 4.78 is 5.98. The maximum absolute atomic E-state index is 5.98. The molecule has 1 fully saturated rings. The number of aryl methyl sites for hydroxylation is 2. The molecule has 0 aliphatic heterocycles. The van der Waals surface area contributed by atoms with Crippen LogP contribution < -0.4 is 10.1 Å². The summed E-state index contributed by atoms with van der Waals surface area (Å²) in [7, 11) is 0. The summed E-state index contributed by atoms with van der Waals surface area (Å²) in [5, 5.41) is 3.55. The van der Waals surface area contributed by atoms with Crippen LogP contribution in [-0.2, 0) is 13.2 Å².